The fraction of sp³-hybridized carbons (Fsp3) is 0.571. The molecule has 3 atom stereocenters. The monoisotopic (exact) mass is 458 g/mol. The molecule has 2 aliphatic carbocycles. The predicted molar refractivity (Wildman–Crippen MR) is 130 cm³/mol. The summed E-state index contributed by atoms with van der Waals surface area (Å²) in [6.45, 7) is 0.545. The topological polar surface area (TPSA) is 78.9 Å². The molecule has 0 aromatic heterocycles. The van der Waals surface area contributed by atoms with Crippen LogP contribution in [-0.2, 0) is 5.41 Å². The van der Waals surface area contributed by atoms with Crippen LogP contribution in [0.2, 0.25) is 0 Å². The van der Waals surface area contributed by atoms with Gasteiger partial charge in [0.1, 0.15) is 5.75 Å². The van der Waals surface area contributed by atoms with Gasteiger partial charge in [0.2, 0.25) is 0 Å². The van der Waals surface area contributed by atoms with Crippen molar-refractivity contribution in [3.8, 4) is 5.75 Å². The smallest absolute Gasteiger partial charge is 0.194 e. The highest BCUT2D eigenvalue weighted by Crippen LogP contribution is 2.51. The molecule has 2 aliphatic heterocycles. The molecule has 6 heteroatoms. The molecule has 2 fully saturated rings. The summed E-state index contributed by atoms with van der Waals surface area (Å²) < 4.78 is 6.44. The molecule has 1 N–H and O–H groups in total. The number of aliphatic hydroxyl groups excluding tert-OH is 1. The molecule has 0 saturated heterocycles. The van der Waals surface area contributed by atoms with Crippen molar-refractivity contribution in [2.45, 2.75) is 81.4 Å². The summed E-state index contributed by atoms with van der Waals surface area (Å²) in [7, 11) is 0. The van der Waals surface area contributed by atoms with Gasteiger partial charge < -0.3 is 9.84 Å². The molecular formula is C28H34N4O2. The lowest BCUT2D eigenvalue weighted by molar-refractivity contribution is 0.0186. The van der Waals surface area contributed by atoms with Gasteiger partial charge in [-0.2, -0.15) is 0 Å². The lowest BCUT2D eigenvalue weighted by Crippen LogP contribution is -2.36. The number of nitrogens with zero attached hydrogens (tertiary/aromatic N) is 4. The largest absolute Gasteiger partial charge is 0.493 e. The van der Waals surface area contributed by atoms with Crippen LogP contribution in [0.3, 0.4) is 0 Å². The summed E-state index contributed by atoms with van der Waals surface area (Å²) in [5.41, 5.74) is 3.27. The lowest BCUT2D eigenvalue weighted by atomic mass is 9.68. The third-order valence-electron chi connectivity index (χ3n) is 8.90. The SMILES string of the molecule is O[C@H]1c2ccc(C3(C4N=NN=N4)CCCC3)cc2OC[C@@H]1C(c1ccccc1)C1CCCCC1. The molecule has 6 rings (SSSR count). The summed E-state index contributed by atoms with van der Waals surface area (Å²) in [5, 5.41) is 27.9. The second-order valence-corrected chi connectivity index (χ2v) is 10.7. The van der Waals surface area contributed by atoms with E-state index in [1.165, 1.54) is 43.2 Å². The molecule has 34 heavy (non-hydrogen) atoms. The van der Waals surface area contributed by atoms with Crippen LogP contribution in [0.1, 0.15) is 86.5 Å². The van der Waals surface area contributed by atoms with Gasteiger partial charge in [0.15, 0.2) is 6.17 Å². The summed E-state index contributed by atoms with van der Waals surface area (Å²) in [5.74, 6) is 1.78. The number of rotatable bonds is 5. The zero-order valence-corrected chi connectivity index (χ0v) is 19.7. The molecule has 1 unspecified atom stereocenters. The van der Waals surface area contributed by atoms with Crippen LogP contribution in [0, 0.1) is 11.8 Å². The maximum Gasteiger partial charge on any atom is 0.194 e. The van der Waals surface area contributed by atoms with Gasteiger partial charge in [0, 0.05) is 16.9 Å². The van der Waals surface area contributed by atoms with E-state index in [2.05, 4.69) is 69.2 Å². The number of ether oxygens (including phenoxy) is 1. The summed E-state index contributed by atoms with van der Waals surface area (Å²) >= 11 is 0. The quantitative estimate of drug-likeness (QED) is 0.520. The number of benzene rings is 2. The molecule has 178 valence electrons. The van der Waals surface area contributed by atoms with Crippen LogP contribution in [0.25, 0.3) is 0 Å². The highest BCUT2D eigenvalue weighted by molar-refractivity contribution is 5.45. The Hall–Kier alpha value is -2.60. The number of hydrogen-bond donors (Lipinski definition) is 1. The Balaban J connectivity index is 1.32. The second-order valence-electron chi connectivity index (χ2n) is 10.7. The van der Waals surface area contributed by atoms with Crippen molar-refractivity contribution in [1.29, 1.82) is 0 Å². The fourth-order valence-electron chi connectivity index (χ4n) is 7.15. The second kappa shape index (κ2) is 9.21. The highest BCUT2D eigenvalue weighted by Gasteiger charge is 2.46. The predicted octanol–water partition coefficient (Wildman–Crippen LogP) is 7.06. The molecule has 0 spiro atoms. The highest BCUT2D eigenvalue weighted by atomic mass is 16.5. The molecule has 6 nitrogen and oxygen atoms in total. The third-order valence-corrected chi connectivity index (χ3v) is 8.90. The summed E-state index contributed by atoms with van der Waals surface area (Å²) in [4.78, 5) is 0. The Morgan fingerprint density at radius 3 is 2.35 bits per heavy atom. The number of aliphatic hydroxyl groups is 1. The van der Waals surface area contributed by atoms with E-state index in [4.69, 9.17) is 4.74 Å². The minimum atomic E-state index is -0.532. The van der Waals surface area contributed by atoms with E-state index in [9.17, 15) is 5.11 Å². The van der Waals surface area contributed by atoms with Crippen molar-refractivity contribution in [1.82, 2.24) is 0 Å². The van der Waals surface area contributed by atoms with Crippen molar-refractivity contribution in [3.63, 3.8) is 0 Å². The molecule has 2 heterocycles. The van der Waals surface area contributed by atoms with Gasteiger partial charge >= 0.3 is 0 Å². The van der Waals surface area contributed by atoms with Gasteiger partial charge in [-0.1, -0.05) is 74.6 Å². The van der Waals surface area contributed by atoms with Crippen molar-refractivity contribution >= 4 is 0 Å². The summed E-state index contributed by atoms with van der Waals surface area (Å²) in [6.07, 6.45) is 9.96. The van der Waals surface area contributed by atoms with Gasteiger partial charge in [-0.3, -0.25) is 0 Å². The average Bonchev–Trinajstić information content (AvgIpc) is 3.60. The van der Waals surface area contributed by atoms with E-state index in [0.717, 1.165) is 37.0 Å². The minimum absolute atomic E-state index is 0.0572. The molecule has 4 aliphatic rings. The van der Waals surface area contributed by atoms with Crippen molar-refractivity contribution in [2.24, 2.45) is 32.5 Å². The molecule has 2 aromatic rings. The normalized spacial score (nSPS) is 27.4. The van der Waals surface area contributed by atoms with Crippen LogP contribution in [0.4, 0.5) is 0 Å². The van der Waals surface area contributed by atoms with E-state index in [1.54, 1.807) is 0 Å². The van der Waals surface area contributed by atoms with Crippen molar-refractivity contribution in [3.05, 3.63) is 65.2 Å². The fourth-order valence-corrected chi connectivity index (χ4v) is 7.15. The Labute approximate surface area is 201 Å². The van der Waals surface area contributed by atoms with Crippen LogP contribution < -0.4 is 4.74 Å². The van der Waals surface area contributed by atoms with Crippen LogP contribution in [0.5, 0.6) is 5.75 Å². The first kappa shape index (κ1) is 21.9. The van der Waals surface area contributed by atoms with E-state index in [0.29, 0.717) is 18.4 Å². The van der Waals surface area contributed by atoms with E-state index < -0.39 is 6.10 Å². The molecule has 0 bridgehead atoms. The van der Waals surface area contributed by atoms with Gasteiger partial charge in [-0.15, -0.1) is 10.2 Å². The van der Waals surface area contributed by atoms with Crippen molar-refractivity contribution in [2.75, 3.05) is 6.61 Å². The first-order valence-corrected chi connectivity index (χ1v) is 13.1. The maximum atomic E-state index is 11.7. The summed E-state index contributed by atoms with van der Waals surface area (Å²) in [6, 6.07) is 17.2. The van der Waals surface area contributed by atoms with Crippen LogP contribution >= 0.6 is 0 Å². The van der Waals surface area contributed by atoms with Gasteiger partial charge in [0.25, 0.3) is 0 Å². The Kier molecular flexibility index (Phi) is 5.94. The molecule has 2 saturated carbocycles. The first-order chi connectivity index (χ1) is 16.8. The van der Waals surface area contributed by atoms with Gasteiger partial charge in [-0.25, -0.2) is 0 Å². The Morgan fingerprint density at radius 2 is 1.62 bits per heavy atom. The van der Waals surface area contributed by atoms with Crippen molar-refractivity contribution < 1.29 is 9.84 Å². The Morgan fingerprint density at radius 1 is 0.882 bits per heavy atom. The zero-order chi connectivity index (χ0) is 23.0. The van der Waals surface area contributed by atoms with E-state index in [-0.39, 0.29) is 17.5 Å². The zero-order valence-electron chi connectivity index (χ0n) is 19.7. The van der Waals surface area contributed by atoms with Gasteiger partial charge in [0.05, 0.1) is 12.7 Å². The Bertz CT molecular complexity index is 1050. The third kappa shape index (κ3) is 3.76. The number of hydrogen-bond acceptors (Lipinski definition) is 6. The molecule has 0 radical (unpaired) electrons. The molecular weight excluding hydrogens is 424 g/mol. The first-order valence-electron chi connectivity index (χ1n) is 13.1. The van der Waals surface area contributed by atoms with Crippen LogP contribution in [-0.4, -0.2) is 17.9 Å². The molecule has 2 aromatic carbocycles. The minimum Gasteiger partial charge on any atom is -0.493 e. The number of fused-ring (bicyclic) bond motifs is 1. The van der Waals surface area contributed by atoms with E-state index in [1.807, 2.05) is 0 Å². The van der Waals surface area contributed by atoms with Gasteiger partial charge in [-0.05, 0) is 65.2 Å². The standard InChI is InChI=1S/C28H34N4O2/c33-26-22-14-13-21(28(15-7-8-16-28)27-29-31-32-30-27)17-24(22)34-18-23(26)25(19-9-3-1-4-10-19)20-11-5-2-6-12-20/h1,3-4,9-10,13-14,17,20,23,25-27,33H,2,5-8,11-12,15-16,18H2/t23-,25?,26+/m1/s1. The lowest BCUT2D eigenvalue weighted by Gasteiger charge is -2.41. The van der Waals surface area contributed by atoms with Crippen LogP contribution in [0.15, 0.2) is 69.2 Å². The molecule has 0 amide bonds. The average molecular weight is 459 g/mol. The van der Waals surface area contributed by atoms with E-state index >= 15 is 0 Å². The maximum absolute atomic E-state index is 11.7.